The third kappa shape index (κ3) is 5.06. The van der Waals surface area contributed by atoms with Crippen LogP contribution in [0.15, 0.2) is 0 Å². The van der Waals surface area contributed by atoms with Gasteiger partial charge in [0.1, 0.15) is 0 Å². The summed E-state index contributed by atoms with van der Waals surface area (Å²) < 4.78 is 0. The first-order chi connectivity index (χ1) is 9.83. The van der Waals surface area contributed by atoms with Gasteiger partial charge in [0, 0.05) is 6.61 Å². The lowest BCUT2D eigenvalue weighted by Crippen LogP contribution is -2.26. The second kappa shape index (κ2) is 9.07. The summed E-state index contributed by atoms with van der Waals surface area (Å²) in [4.78, 5) is 0. The summed E-state index contributed by atoms with van der Waals surface area (Å²) in [5.41, 5.74) is 0. The molecule has 2 fully saturated rings. The van der Waals surface area contributed by atoms with Crippen molar-refractivity contribution in [2.45, 2.75) is 90.4 Å². The highest BCUT2D eigenvalue weighted by atomic mass is 16.3. The van der Waals surface area contributed by atoms with E-state index in [1.54, 1.807) is 0 Å². The van der Waals surface area contributed by atoms with Gasteiger partial charge in [-0.3, -0.25) is 0 Å². The Labute approximate surface area is 126 Å². The van der Waals surface area contributed by atoms with E-state index in [-0.39, 0.29) is 0 Å². The molecule has 0 atom stereocenters. The molecule has 1 heteroatoms. The van der Waals surface area contributed by atoms with E-state index >= 15 is 0 Å². The van der Waals surface area contributed by atoms with Crippen LogP contribution in [0.5, 0.6) is 0 Å². The molecular formula is C19H36O. The van der Waals surface area contributed by atoms with Gasteiger partial charge in [-0.25, -0.2) is 0 Å². The molecule has 118 valence electrons. The zero-order valence-electron chi connectivity index (χ0n) is 13.7. The van der Waals surface area contributed by atoms with Crippen molar-refractivity contribution in [1.82, 2.24) is 0 Å². The maximum Gasteiger partial charge on any atom is 0.0459 e. The van der Waals surface area contributed by atoms with Crippen molar-refractivity contribution < 1.29 is 5.11 Å². The van der Waals surface area contributed by atoms with Crippen LogP contribution in [0.4, 0.5) is 0 Å². The van der Waals surface area contributed by atoms with Crippen LogP contribution in [0.2, 0.25) is 0 Å². The van der Waals surface area contributed by atoms with Gasteiger partial charge in [0.25, 0.3) is 0 Å². The third-order valence-corrected chi connectivity index (χ3v) is 6.17. The van der Waals surface area contributed by atoms with Gasteiger partial charge in [-0.15, -0.1) is 0 Å². The molecule has 2 rings (SSSR count). The SMILES string of the molecule is CCCCCCC1CCC(C2CCC(CO)CC2)CC1. The highest BCUT2D eigenvalue weighted by molar-refractivity contribution is 4.81. The van der Waals surface area contributed by atoms with Crippen LogP contribution in [0.3, 0.4) is 0 Å². The first kappa shape index (κ1) is 16.3. The molecule has 2 aliphatic carbocycles. The second-order valence-electron chi connectivity index (χ2n) is 7.59. The molecule has 0 radical (unpaired) electrons. The Morgan fingerprint density at radius 2 is 1.25 bits per heavy atom. The Morgan fingerprint density at radius 3 is 1.75 bits per heavy atom. The molecule has 0 aliphatic heterocycles. The fraction of sp³-hybridized carbons (Fsp3) is 1.00. The predicted octanol–water partition coefficient (Wildman–Crippen LogP) is 5.56. The minimum Gasteiger partial charge on any atom is -0.396 e. The maximum absolute atomic E-state index is 9.24. The molecule has 0 unspecified atom stereocenters. The average Bonchev–Trinajstić information content (AvgIpc) is 2.52. The van der Waals surface area contributed by atoms with E-state index in [9.17, 15) is 5.11 Å². The fourth-order valence-electron chi connectivity index (χ4n) is 4.65. The second-order valence-corrected chi connectivity index (χ2v) is 7.59. The lowest BCUT2D eigenvalue weighted by molar-refractivity contribution is 0.115. The van der Waals surface area contributed by atoms with E-state index in [4.69, 9.17) is 0 Å². The molecule has 0 saturated heterocycles. The zero-order chi connectivity index (χ0) is 14.2. The normalized spacial score (nSPS) is 35.1. The van der Waals surface area contributed by atoms with Gasteiger partial charge in [-0.2, -0.15) is 0 Å². The Morgan fingerprint density at radius 1 is 0.700 bits per heavy atom. The molecule has 0 bridgehead atoms. The molecule has 20 heavy (non-hydrogen) atoms. The Bertz CT molecular complexity index is 234. The van der Waals surface area contributed by atoms with E-state index in [1.807, 2.05) is 0 Å². The largest absolute Gasteiger partial charge is 0.396 e. The standard InChI is InChI=1S/C19H36O/c1-2-3-4-5-6-16-7-11-18(12-8-16)19-13-9-17(15-20)10-14-19/h16-20H,2-15H2,1H3. The summed E-state index contributed by atoms with van der Waals surface area (Å²) in [5, 5.41) is 9.24. The van der Waals surface area contributed by atoms with E-state index in [0.29, 0.717) is 12.5 Å². The van der Waals surface area contributed by atoms with Crippen molar-refractivity contribution in [3.63, 3.8) is 0 Å². The Balaban J connectivity index is 1.59. The summed E-state index contributed by atoms with van der Waals surface area (Å²) in [6.45, 7) is 2.73. The number of hydrogen-bond acceptors (Lipinski definition) is 1. The third-order valence-electron chi connectivity index (χ3n) is 6.17. The topological polar surface area (TPSA) is 20.2 Å². The molecule has 2 aliphatic rings. The van der Waals surface area contributed by atoms with Crippen LogP contribution in [-0.2, 0) is 0 Å². The number of unbranched alkanes of at least 4 members (excludes halogenated alkanes) is 3. The van der Waals surface area contributed by atoms with E-state index in [0.717, 1.165) is 17.8 Å². The number of aliphatic hydroxyl groups is 1. The minimum absolute atomic E-state index is 0.428. The first-order valence-corrected chi connectivity index (χ1v) is 9.44. The van der Waals surface area contributed by atoms with E-state index in [2.05, 4.69) is 6.92 Å². The monoisotopic (exact) mass is 280 g/mol. The molecule has 0 aromatic heterocycles. The van der Waals surface area contributed by atoms with Gasteiger partial charge in [-0.05, 0) is 62.2 Å². The van der Waals surface area contributed by atoms with Gasteiger partial charge in [-0.1, -0.05) is 51.9 Å². The van der Waals surface area contributed by atoms with Crippen molar-refractivity contribution in [1.29, 1.82) is 0 Å². The lowest BCUT2D eigenvalue weighted by atomic mass is 9.69. The van der Waals surface area contributed by atoms with Crippen molar-refractivity contribution in [2.75, 3.05) is 6.61 Å². The zero-order valence-corrected chi connectivity index (χ0v) is 13.7. The van der Waals surface area contributed by atoms with Crippen LogP contribution in [-0.4, -0.2) is 11.7 Å². The van der Waals surface area contributed by atoms with Crippen molar-refractivity contribution in [3.05, 3.63) is 0 Å². The first-order valence-electron chi connectivity index (χ1n) is 9.44. The van der Waals surface area contributed by atoms with E-state index in [1.165, 1.54) is 83.5 Å². The van der Waals surface area contributed by atoms with Crippen LogP contribution < -0.4 is 0 Å². The molecule has 0 spiro atoms. The van der Waals surface area contributed by atoms with Gasteiger partial charge < -0.3 is 5.11 Å². The molecular weight excluding hydrogens is 244 g/mol. The number of hydrogen-bond donors (Lipinski definition) is 1. The van der Waals surface area contributed by atoms with Crippen LogP contribution in [0.25, 0.3) is 0 Å². The number of rotatable bonds is 7. The summed E-state index contributed by atoms with van der Waals surface area (Å²) in [7, 11) is 0. The molecule has 0 aromatic carbocycles. The number of aliphatic hydroxyl groups excluding tert-OH is 1. The molecule has 0 amide bonds. The predicted molar refractivity (Wildman–Crippen MR) is 86.7 cm³/mol. The minimum atomic E-state index is 0.428. The maximum atomic E-state index is 9.24. The molecule has 1 N–H and O–H groups in total. The smallest absolute Gasteiger partial charge is 0.0459 e. The van der Waals surface area contributed by atoms with Crippen molar-refractivity contribution >= 4 is 0 Å². The van der Waals surface area contributed by atoms with E-state index < -0.39 is 0 Å². The average molecular weight is 280 g/mol. The van der Waals surface area contributed by atoms with Crippen LogP contribution in [0.1, 0.15) is 90.4 Å². The molecule has 1 nitrogen and oxygen atoms in total. The van der Waals surface area contributed by atoms with Crippen LogP contribution >= 0.6 is 0 Å². The van der Waals surface area contributed by atoms with Gasteiger partial charge >= 0.3 is 0 Å². The summed E-state index contributed by atoms with van der Waals surface area (Å²) in [5.74, 6) is 3.71. The Hall–Kier alpha value is -0.0400. The molecule has 0 heterocycles. The van der Waals surface area contributed by atoms with Crippen LogP contribution in [0, 0.1) is 23.7 Å². The van der Waals surface area contributed by atoms with Crippen molar-refractivity contribution in [2.24, 2.45) is 23.7 Å². The highest BCUT2D eigenvalue weighted by Crippen LogP contribution is 2.42. The van der Waals surface area contributed by atoms with Gasteiger partial charge in [0.15, 0.2) is 0 Å². The molecule has 0 aromatic rings. The van der Waals surface area contributed by atoms with Crippen molar-refractivity contribution in [3.8, 4) is 0 Å². The quantitative estimate of drug-likeness (QED) is 0.605. The van der Waals surface area contributed by atoms with Gasteiger partial charge in [0.2, 0.25) is 0 Å². The Kier molecular flexibility index (Phi) is 7.41. The molecule has 2 saturated carbocycles. The lowest BCUT2D eigenvalue weighted by Gasteiger charge is -2.37. The summed E-state index contributed by atoms with van der Waals surface area (Å²) in [6.07, 6.45) is 18.7. The fourth-order valence-corrected chi connectivity index (χ4v) is 4.65. The summed E-state index contributed by atoms with van der Waals surface area (Å²) >= 11 is 0. The highest BCUT2D eigenvalue weighted by Gasteiger charge is 2.30. The summed E-state index contributed by atoms with van der Waals surface area (Å²) in [6, 6.07) is 0. The van der Waals surface area contributed by atoms with Gasteiger partial charge in [0.05, 0.1) is 0 Å².